The number of aryl methyl sites for hydroxylation is 1. The molecule has 0 amide bonds. The van der Waals surface area contributed by atoms with Crippen molar-refractivity contribution in [3.8, 4) is 17.6 Å². The molecule has 0 saturated heterocycles. The fraction of sp³-hybridized carbons (Fsp3) is 0.143. The minimum atomic E-state index is -4.03. The smallest absolute Gasteiger partial charge is 0.339 e. The molecule has 0 aliphatic heterocycles. The highest BCUT2D eigenvalue weighted by molar-refractivity contribution is 7.87. The van der Waals surface area contributed by atoms with Crippen molar-refractivity contribution in [2.75, 3.05) is 7.11 Å². The predicted octanol–water partition coefficient (Wildman–Crippen LogP) is 2.04. The van der Waals surface area contributed by atoms with Crippen LogP contribution in [0, 0.1) is 18.3 Å². The second kappa shape index (κ2) is 5.81. The van der Waals surface area contributed by atoms with Gasteiger partial charge in [-0.2, -0.15) is 13.7 Å². The van der Waals surface area contributed by atoms with Crippen LogP contribution in [0.15, 0.2) is 41.4 Å². The van der Waals surface area contributed by atoms with Crippen LogP contribution in [-0.2, 0) is 10.1 Å². The van der Waals surface area contributed by atoms with Crippen molar-refractivity contribution in [1.29, 1.82) is 5.26 Å². The van der Waals surface area contributed by atoms with Gasteiger partial charge in [0.05, 0.1) is 13.3 Å². The first kappa shape index (κ1) is 14.8. The van der Waals surface area contributed by atoms with Gasteiger partial charge in [-0.05, 0) is 19.1 Å². The van der Waals surface area contributed by atoms with Gasteiger partial charge in [0.15, 0.2) is 11.4 Å². The van der Waals surface area contributed by atoms with Crippen LogP contribution >= 0.6 is 0 Å². The Morgan fingerprint density at radius 3 is 2.48 bits per heavy atom. The molecule has 108 valence electrons. The number of nitrogens with zero attached hydrogens (tertiary/aromatic N) is 2. The van der Waals surface area contributed by atoms with Gasteiger partial charge in [-0.15, -0.1) is 0 Å². The summed E-state index contributed by atoms with van der Waals surface area (Å²) >= 11 is 0. The number of benzene rings is 1. The Balaban J connectivity index is 2.41. The summed E-state index contributed by atoms with van der Waals surface area (Å²) in [4.78, 5) is 3.78. The average Bonchev–Trinajstić information content (AvgIpc) is 2.47. The molecule has 1 aromatic heterocycles. The summed E-state index contributed by atoms with van der Waals surface area (Å²) in [6.45, 7) is 1.84. The molecule has 1 aromatic carbocycles. The molecule has 2 aromatic rings. The number of aromatic nitrogens is 1. The summed E-state index contributed by atoms with van der Waals surface area (Å²) in [7, 11) is -2.63. The third kappa shape index (κ3) is 3.30. The van der Waals surface area contributed by atoms with Crippen molar-refractivity contribution >= 4 is 10.1 Å². The zero-order valence-electron chi connectivity index (χ0n) is 11.4. The molecule has 0 spiro atoms. The molecule has 0 unspecified atom stereocenters. The van der Waals surface area contributed by atoms with E-state index in [0.717, 1.165) is 5.56 Å². The predicted molar refractivity (Wildman–Crippen MR) is 74.5 cm³/mol. The summed E-state index contributed by atoms with van der Waals surface area (Å²) in [5, 5.41) is 8.96. The maximum absolute atomic E-state index is 12.2. The van der Waals surface area contributed by atoms with Crippen LogP contribution in [-0.4, -0.2) is 20.5 Å². The van der Waals surface area contributed by atoms with Crippen molar-refractivity contribution in [3.05, 3.63) is 47.8 Å². The Labute approximate surface area is 122 Å². The maximum atomic E-state index is 12.2. The van der Waals surface area contributed by atoms with Crippen molar-refractivity contribution < 1.29 is 17.3 Å². The molecule has 0 aliphatic rings. The Morgan fingerprint density at radius 2 is 1.90 bits per heavy atom. The Hall–Kier alpha value is -2.59. The summed E-state index contributed by atoms with van der Waals surface area (Å²) < 4.78 is 34.3. The first-order valence-electron chi connectivity index (χ1n) is 5.91. The molecular formula is C14H12N2O4S. The van der Waals surface area contributed by atoms with E-state index in [4.69, 9.17) is 14.2 Å². The van der Waals surface area contributed by atoms with E-state index in [2.05, 4.69) is 4.98 Å². The third-order valence-corrected chi connectivity index (χ3v) is 3.93. The number of pyridine rings is 1. The summed E-state index contributed by atoms with van der Waals surface area (Å²) in [5.74, 6) is 0.125. The van der Waals surface area contributed by atoms with E-state index in [1.807, 2.05) is 6.92 Å². The van der Waals surface area contributed by atoms with Crippen molar-refractivity contribution in [2.45, 2.75) is 11.8 Å². The summed E-state index contributed by atoms with van der Waals surface area (Å²) in [6.07, 6.45) is 1.31. The number of hydrogen-bond acceptors (Lipinski definition) is 6. The quantitative estimate of drug-likeness (QED) is 0.803. The van der Waals surface area contributed by atoms with Crippen molar-refractivity contribution in [1.82, 2.24) is 4.98 Å². The van der Waals surface area contributed by atoms with Crippen LogP contribution in [0.5, 0.6) is 11.5 Å². The number of ether oxygens (including phenoxy) is 1. The fourth-order valence-corrected chi connectivity index (χ4v) is 2.49. The molecular weight excluding hydrogens is 292 g/mol. The summed E-state index contributed by atoms with van der Waals surface area (Å²) in [5.41, 5.74) is 0.793. The third-order valence-electron chi connectivity index (χ3n) is 2.68. The van der Waals surface area contributed by atoms with E-state index in [-0.39, 0.29) is 16.3 Å². The first-order chi connectivity index (χ1) is 9.96. The molecule has 0 N–H and O–H groups in total. The molecule has 6 nitrogen and oxygen atoms in total. The van der Waals surface area contributed by atoms with E-state index in [9.17, 15) is 8.42 Å². The Morgan fingerprint density at radius 1 is 1.24 bits per heavy atom. The van der Waals surface area contributed by atoms with Crippen LogP contribution in [0.1, 0.15) is 11.3 Å². The van der Waals surface area contributed by atoms with Gasteiger partial charge in [0.2, 0.25) is 0 Å². The van der Waals surface area contributed by atoms with Gasteiger partial charge in [-0.3, -0.25) is 0 Å². The number of hydrogen-bond donors (Lipinski definition) is 0. The number of nitriles is 1. The van der Waals surface area contributed by atoms with E-state index >= 15 is 0 Å². The fourth-order valence-electron chi connectivity index (χ4n) is 1.56. The standard InChI is InChI=1S/C14H12N2O4S/c1-10-3-5-12(6-4-10)21(17,18)20-14-7-11(19-2)9-16-13(14)8-15/h3-7,9H,1-2H3. The lowest BCUT2D eigenvalue weighted by Gasteiger charge is -2.09. The van der Waals surface area contributed by atoms with E-state index < -0.39 is 10.1 Å². The normalized spacial score (nSPS) is 10.7. The van der Waals surface area contributed by atoms with Crippen LogP contribution in [0.25, 0.3) is 0 Å². The minimum Gasteiger partial charge on any atom is -0.495 e. The van der Waals surface area contributed by atoms with Crippen molar-refractivity contribution in [3.63, 3.8) is 0 Å². The Bertz CT molecular complexity index is 793. The number of rotatable bonds is 4. The summed E-state index contributed by atoms with van der Waals surface area (Å²) in [6, 6.07) is 9.26. The molecule has 0 radical (unpaired) electrons. The second-order valence-corrected chi connectivity index (χ2v) is 5.73. The molecule has 1 heterocycles. The monoisotopic (exact) mass is 304 g/mol. The highest BCUT2D eigenvalue weighted by atomic mass is 32.2. The van der Waals surface area contributed by atoms with Crippen LogP contribution < -0.4 is 8.92 Å². The SMILES string of the molecule is COc1cnc(C#N)c(OS(=O)(=O)c2ccc(C)cc2)c1. The molecule has 0 atom stereocenters. The Kier molecular flexibility index (Phi) is 4.10. The van der Waals surface area contributed by atoms with E-state index in [1.54, 1.807) is 18.2 Å². The molecule has 0 aliphatic carbocycles. The first-order valence-corrected chi connectivity index (χ1v) is 7.32. The minimum absolute atomic E-state index is 0.000176. The lowest BCUT2D eigenvalue weighted by molar-refractivity contribution is 0.409. The zero-order chi connectivity index (χ0) is 15.5. The maximum Gasteiger partial charge on any atom is 0.339 e. The highest BCUT2D eigenvalue weighted by Gasteiger charge is 2.19. The van der Waals surface area contributed by atoms with E-state index in [1.165, 1.54) is 31.5 Å². The van der Waals surface area contributed by atoms with Gasteiger partial charge in [0.25, 0.3) is 0 Å². The molecule has 0 fully saturated rings. The average molecular weight is 304 g/mol. The topological polar surface area (TPSA) is 89.3 Å². The van der Waals surface area contributed by atoms with Gasteiger partial charge in [0.1, 0.15) is 16.7 Å². The van der Waals surface area contributed by atoms with E-state index in [0.29, 0.717) is 5.75 Å². The van der Waals surface area contributed by atoms with Gasteiger partial charge in [0, 0.05) is 6.07 Å². The largest absolute Gasteiger partial charge is 0.495 e. The molecule has 21 heavy (non-hydrogen) atoms. The lowest BCUT2D eigenvalue weighted by Crippen LogP contribution is -2.11. The zero-order valence-corrected chi connectivity index (χ0v) is 12.2. The van der Waals surface area contributed by atoms with Gasteiger partial charge < -0.3 is 8.92 Å². The molecule has 2 rings (SSSR count). The van der Waals surface area contributed by atoms with Gasteiger partial charge >= 0.3 is 10.1 Å². The van der Waals surface area contributed by atoms with Crippen LogP contribution in [0.4, 0.5) is 0 Å². The van der Waals surface area contributed by atoms with Crippen molar-refractivity contribution in [2.24, 2.45) is 0 Å². The van der Waals surface area contributed by atoms with Crippen LogP contribution in [0.3, 0.4) is 0 Å². The highest BCUT2D eigenvalue weighted by Crippen LogP contribution is 2.25. The molecule has 0 saturated carbocycles. The lowest BCUT2D eigenvalue weighted by atomic mass is 10.2. The molecule has 7 heteroatoms. The van der Waals surface area contributed by atoms with Crippen LogP contribution in [0.2, 0.25) is 0 Å². The second-order valence-electron chi connectivity index (χ2n) is 4.18. The van der Waals surface area contributed by atoms with Gasteiger partial charge in [-0.25, -0.2) is 4.98 Å². The van der Waals surface area contributed by atoms with Gasteiger partial charge in [-0.1, -0.05) is 17.7 Å². The number of methoxy groups -OCH3 is 1. The molecule has 0 bridgehead atoms.